The second-order valence-electron chi connectivity index (χ2n) is 1.58. The molecule has 0 atom stereocenters. The maximum absolute atomic E-state index is 9.96. The van der Waals surface area contributed by atoms with Crippen LogP contribution in [0.25, 0.3) is 0 Å². The Bertz CT molecular complexity index is 111. The summed E-state index contributed by atoms with van der Waals surface area (Å²) in [4.78, 5) is 9.96. The number of nitrogens with zero attached hydrogens (tertiary/aromatic N) is 1. The number of hydrazone groups is 1. The van der Waals surface area contributed by atoms with Crippen molar-refractivity contribution in [3.8, 4) is 0 Å². The van der Waals surface area contributed by atoms with E-state index in [0.717, 1.165) is 12.8 Å². The molecular formula is C5H11N3O. The van der Waals surface area contributed by atoms with Crippen LogP contribution in [-0.2, 0) is 0 Å². The Labute approximate surface area is 54.1 Å². The van der Waals surface area contributed by atoms with Crippen LogP contribution in [0.2, 0.25) is 0 Å². The first-order valence-electron chi connectivity index (χ1n) is 2.84. The monoisotopic (exact) mass is 129 g/mol. The quantitative estimate of drug-likeness (QED) is 0.421. The van der Waals surface area contributed by atoms with Crippen molar-refractivity contribution >= 4 is 12.2 Å². The van der Waals surface area contributed by atoms with Crippen LogP contribution in [0.4, 0.5) is 4.79 Å². The molecule has 0 aromatic rings. The minimum atomic E-state index is -0.623. The summed E-state index contributed by atoms with van der Waals surface area (Å²) in [6, 6.07) is -0.623. The van der Waals surface area contributed by atoms with E-state index in [1.165, 1.54) is 0 Å². The summed E-state index contributed by atoms with van der Waals surface area (Å²) < 4.78 is 0. The summed E-state index contributed by atoms with van der Waals surface area (Å²) in [5.41, 5.74) is 6.80. The zero-order chi connectivity index (χ0) is 7.11. The van der Waals surface area contributed by atoms with Gasteiger partial charge in [0.2, 0.25) is 0 Å². The smallest absolute Gasteiger partial charge is 0.332 e. The number of unbranched alkanes of at least 4 members (excludes halogenated alkanes) is 1. The molecule has 52 valence electrons. The third-order valence-corrected chi connectivity index (χ3v) is 0.684. The molecule has 0 heterocycles. The van der Waals surface area contributed by atoms with Gasteiger partial charge in [0, 0.05) is 6.21 Å². The van der Waals surface area contributed by atoms with Gasteiger partial charge in [-0.2, -0.15) is 5.10 Å². The zero-order valence-corrected chi connectivity index (χ0v) is 5.42. The maximum atomic E-state index is 9.96. The summed E-state index contributed by atoms with van der Waals surface area (Å²) in [6.07, 6.45) is 3.50. The number of nitrogens with two attached hydrogens (primary N) is 1. The number of urea groups is 1. The van der Waals surface area contributed by atoms with Crippen LogP contribution in [0.5, 0.6) is 0 Å². The number of carbonyl (C=O) groups is 1. The molecule has 0 unspecified atom stereocenters. The predicted molar refractivity (Wildman–Crippen MR) is 36.1 cm³/mol. The highest BCUT2D eigenvalue weighted by Crippen LogP contribution is 1.78. The van der Waals surface area contributed by atoms with E-state index in [1.54, 1.807) is 6.21 Å². The van der Waals surface area contributed by atoms with Crippen LogP contribution in [-0.4, -0.2) is 12.2 Å². The normalized spacial score (nSPS) is 9.89. The van der Waals surface area contributed by atoms with Crippen LogP contribution >= 0.6 is 0 Å². The van der Waals surface area contributed by atoms with Crippen LogP contribution in [0.15, 0.2) is 5.10 Å². The number of nitrogens with one attached hydrogen (secondary N) is 1. The largest absolute Gasteiger partial charge is 0.350 e. The predicted octanol–water partition coefficient (Wildman–Crippen LogP) is 0.441. The fourth-order valence-corrected chi connectivity index (χ4v) is 0.303. The van der Waals surface area contributed by atoms with Crippen molar-refractivity contribution in [3.05, 3.63) is 0 Å². The van der Waals surface area contributed by atoms with Gasteiger partial charge in [0.15, 0.2) is 0 Å². The third-order valence-electron chi connectivity index (χ3n) is 0.684. The molecule has 0 spiro atoms. The molecule has 0 aliphatic heterocycles. The van der Waals surface area contributed by atoms with Gasteiger partial charge in [-0.25, -0.2) is 10.2 Å². The van der Waals surface area contributed by atoms with E-state index in [-0.39, 0.29) is 0 Å². The molecule has 0 saturated carbocycles. The van der Waals surface area contributed by atoms with Gasteiger partial charge in [-0.05, 0) is 6.42 Å². The van der Waals surface area contributed by atoms with Gasteiger partial charge in [-0.15, -0.1) is 0 Å². The Kier molecular flexibility index (Phi) is 4.49. The minimum Gasteiger partial charge on any atom is -0.350 e. The van der Waals surface area contributed by atoms with Gasteiger partial charge in [-0.1, -0.05) is 13.3 Å². The van der Waals surface area contributed by atoms with E-state index in [4.69, 9.17) is 5.73 Å². The molecular weight excluding hydrogens is 118 g/mol. The topological polar surface area (TPSA) is 67.5 Å². The Morgan fingerprint density at radius 1 is 1.89 bits per heavy atom. The van der Waals surface area contributed by atoms with Crippen molar-refractivity contribution < 1.29 is 4.79 Å². The molecule has 4 nitrogen and oxygen atoms in total. The number of rotatable bonds is 3. The molecule has 0 fully saturated rings. The highest BCUT2D eigenvalue weighted by atomic mass is 16.2. The number of amides is 2. The first-order chi connectivity index (χ1) is 4.27. The molecule has 0 aliphatic rings. The second kappa shape index (κ2) is 5.08. The van der Waals surface area contributed by atoms with Gasteiger partial charge in [0.25, 0.3) is 0 Å². The average Bonchev–Trinajstić information content (AvgIpc) is 1.80. The fourth-order valence-electron chi connectivity index (χ4n) is 0.303. The lowest BCUT2D eigenvalue weighted by atomic mass is 10.4. The van der Waals surface area contributed by atoms with Crippen molar-refractivity contribution in [3.63, 3.8) is 0 Å². The molecule has 9 heavy (non-hydrogen) atoms. The molecule has 0 radical (unpaired) electrons. The lowest BCUT2D eigenvalue weighted by molar-refractivity contribution is 0.249. The second-order valence-corrected chi connectivity index (χ2v) is 1.58. The Balaban J connectivity index is 3.14. The molecule has 0 rings (SSSR count). The van der Waals surface area contributed by atoms with E-state index in [2.05, 4.69) is 10.5 Å². The van der Waals surface area contributed by atoms with Crippen LogP contribution in [0.1, 0.15) is 19.8 Å². The van der Waals surface area contributed by atoms with Gasteiger partial charge >= 0.3 is 6.03 Å². The zero-order valence-electron chi connectivity index (χ0n) is 5.42. The first kappa shape index (κ1) is 7.94. The molecule has 3 N–H and O–H groups in total. The van der Waals surface area contributed by atoms with Gasteiger partial charge in [-0.3, -0.25) is 0 Å². The summed E-state index contributed by atoms with van der Waals surface area (Å²) in [5, 5.41) is 3.51. The Morgan fingerprint density at radius 2 is 2.56 bits per heavy atom. The molecule has 2 amide bonds. The Hall–Kier alpha value is -1.06. The van der Waals surface area contributed by atoms with Crippen molar-refractivity contribution in [1.29, 1.82) is 0 Å². The highest BCUT2D eigenvalue weighted by molar-refractivity contribution is 5.72. The lowest BCUT2D eigenvalue weighted by Crippen LogP contribution is -2.24. The minimum absolute atomic E-state index is 0.623. The first-order valence-corrected chi connectivity index (χ1v) is 2.84. The number of carbonyl (C=O) groups excluding carboxylic acids is 1. The molecule has 0 bridgehead atoms. The summed E-state index contributed by atoms with van der Waals surface area (Å²) in [7, 11) is 0. The van der Waals surface area contributed by atoms with Gasteiger partial charge < -0.3 is 5.73 Å². The standard InChI is InChI=1S/C5H11N3O/c1-2-3-4-7-8-5(6)9/h4H,2-3H2,1H3,(H3,6,8,9)/b7-4+. The van der Waals surface area contributed by atoms with E-state index in [1.807, 2.05) is 6.92 Å². The van der Waals surface area contributed by atoms with Crippen LogP contribution < -0.4 is 11.2 Å². The van der Waals surface area contributed by atoms with E-state index < -0.39 is 6.03 Å². The van der Waals surface area contributed by atoms with E-state index in [0.29, 0.717) is 0 Å². The molecule has 4 heteroatoms. The molecule has 0 aliphatic carbocycles. The molecule has 0 aromatic heterocycles. The number of hydrogen-bond donors (Lipinski definition) is 2. The summed E-state index contributed by atoms with van der Waals surface area (Å²) >= 11 is 0. The molecule has 0 aromatic carbocycles. The van der Waals surface area contributed by atoms with Gasteiger partial charge in [0.1, 0.15) is 0 Å². The summed E-state index contributed by atoms with van der Waals surface area (Å²) in [6.45, 7) is 2.02. The van der Waals surface area contributed by atoms with Crippen molar-refractivity contribution in [2.24, 2.45) is 10.8 Å². The van der Waals surface area contributed by atoms with Crippen LogP contribution in [0, 0.1) is 0 Å². The van der Waals surface area contributed by atoms with Crippen LogP contribution in [0.3, 0.4) is 0 Å². The highest BCUT2D eigenvalue weighted by Gasteiger charge is 1.81. The summed E-state index contributed by atoms with van der Waals surface area (Å²) in [5.74, 6) is 0. The number of hydrogen-bond acceptors (Lipinski definition) is 2. The lowest BCUT2D eigenvalue weighted by Gasteiger charge is -1.88. The fraction of sp³-hybridized carbons (Fsp3) is 0.600. The van der Waals surface area contributed by atoms with Crippen molar-refractivity contribution in [2.75, 3.05) is 0 Å². The third kappa shape index (κ3) is 6.94. The Morgan fingerprint density at radius 3 is 3.00 bits per heavy atom. The SMILES string of the molecule is CCC/C=N/NC(N)=O. The van der Waals surface area contributed by atoms with E-state index in [9.17, 15) is 4.79 Å². The maximum Gasteiger partial charge on any atom is 0.332 e. The van der Waals surface area contributed by atoms with E-state index >= 15 is 0 Å². The number of primary amides is 1. The van der Waals surface area contributed by atoms with Gasteiger partial charge in [0.05, 0.1) is 0 Å². The average molecular weight is 129 g/mol. The molecule has 0 saturated heterocycles. The van der Waals surface area contributed by atoms with Crippen molar-refractivity contribution in [1.82, 2.24) is 5.43 Å². The van der Waals surface area contributed by atoms with Crippen molar-refractivity contribution in [2.45, 2.75) is 19.8 Å².